The lowest BCUT2D eigenvalue weighted by Gasteiger charge is -2.34. The van der Waals surface area contributed by atoms with Gasteiger partial charge in [0.05, 0.1) is 12.0 Å². The Morgan fingerprint density at radius 3 is 2.38 bits per heavy atom. The molecule has 29 heavy (non-hydrogen) atoms. The van der Waals surface area contributed by atoms with Crippen molar-refractivity contribution in [1.29, 1.82) is 0 Å². The molecule has 1 amide bonds. The first-order valence-corrected chi connectivity index (χ1v) is 8.94. The summed E-state index contributed by atoms with van der Waals surface area (Å²) < 4.78 is 43.1. The number of amides is 1. The minimum absolute atomic E-state index is 0.175. The zero-order valence-corrected chi connectivity index (χ0v) is 15.4. The van der Waals surface area contributed by atoms with E-state index in [4.69, 9.17) is 4.74 Å². The predicted molar refractivity (Wildman–Crippen MR) is 96.9 cm³/mol. The smallest absolute Gasteiger partial charge is 0.416 e. The molecule has 3 rings (SSSR count). The van der Waals surface area contributed by atoms with Crippen LogP contribution in [0, 0.1) is 0 Å². The number of halogens is 3. The number of alkyl halides is 3. The van der Waals surface area contributed by atoms with Gasteiger partial charge in [0.2, 0.25) is 5.95 Å². The molecule has 0 radical (unpaired) electrons. The van der Waals surface area contributed by atoms with Crippen molar-refractivity contribution in [1.82, 2.24) is 14.9 Å². The maximum absolute atomic E-state index is 12.7. The molecule has 0 atom stereocenters. The van der Waals surface area contributed by atoms with Gasteiger partial charge < -0.3 is 14.5 Å². The van der Waals surface area contributed by atoms with Crippen molar-refractivity contribution in [2.75, 3.05) is 37.7 Å². The highest BCUT2D eigenvalue weighted by molar-refractivity contribution is 5.81. The summed E-state index contributed by atoms with van der Waals surface area (Å²) in [5.41, 5.74) is -0.659. The third-order valence-electron chi connectivity index (χ3n) is 4.43. The minimum atomic E-state index is -4.48. The van der Waals surface area contributed by atoms with Crippen molar-refractivity contribution < 1.29 is 27.5 Å². The van der Waals surface area contributed by atoms with Gasteiger partial charge in [-0.3, -0.25) is 9.59 Å². The zero-order chi connectivity index (χ0) is 20.9. The molecule has 0 spiro atoms. The van der Waals surface area contributed by atoms with E-state index in [1.165, 1.54) is 12.1 Å². The molecule has 0 saturated carbocycles. The molecular formula is C19H19F3N4O3. The first-order chi connectivity index (χ1) is 13.8. The number of aromatic nitrogens is 2. The van der Waals surface area contributed by atoms with Crippen LogP contribution in [0.2, 0.25) is 0 Å². The summed E-state index contributed by atoms with van der Waals surface area (Å²) in [6.07, 6.45) is -1.54. The van der Waals surface area contributed by atoms with Gasteiger partial charge in [0.1, 0.15) is 0 Å². The number of rotatable bonds is 5. The fourth-order valence-corrected chi connectivity index (χ4v) is 2.92. The highest BCUT2D eigenvalue weighted by Gasteiger charge is 2.30. The molecule has 1 aromatic heterocycles. The lowest BCUT2D eigenvalue weighted by atomic mass is 10.1. The lowest BCUT2D eigenvalue weighted by molar-refractivity contribution is -0.151. The average Bonchev–Trinajstić information content (AvgIpc) is 2.72. The Kier molecular flexibility index (Phi) is 6.30. The number of esters is 1. The molecule has 0 bridgehead atoms. The Morgan fingerprint density at radius 2 is 1.72 bits per heavy atom. The molecular weight excluding hydrogens is 389 g/mol. The maximum atomic E-state index is 12.7. The molecule has 1 saturated heterocycles. The van der Waals surface area contributed by atoms with Crippen LogP contribution in [-0.4, -0.2) is 59.5 Å². The highest BCUT2D eigenvalue weighted by atomic mass is 19.4. The summed E-state index contributed by atoms with van der Waals surface area (Å²) in [7, 11) is 0. The first-order valence-electron chi connectivity index (χ1n) is 8.94. The largest absolute Gasteiger partial charge is 0.455 e. The van der Waals surface area contributed by atoms with E-state index in [2.05, 4.69) is 9.97 Å². The lowest BCUT2D eigenvalue weighted by Crippen LogP contribution is -2.50. The van der Waals surface area contributed by atoms with Crippen molar-refractivity contribution in [2.24, 2.45) is 0 Å². The number of nitrogens with zero attached hydrogens (tertiary/aromatic N) is 4. The van der Waals surface area contributed by atoms with Crippen molar-refractivity contribution in [3.05, 3.63) is 53.9 Å². The van der Waals surface area contributed by atoms with Crippen LogP contribution in [0.15, 0.2) is 42.7 Å². The summed E-state index contributed by atoms with van der Waals surface area (Å²) in [5.74, 6) is -0.517. The molecule has 0 aliphatic carbocycles. The van der Waals surface area contributed by atoms with Crippen LogP contribution in [0.3, 0.4) is 0 Å². The molecule has 1 aliphatic rings. The molecule has 0 N–H and O–H groups in total. The van der Waals surface area contributed by atoms with Gasteiger partial charge in [0.15, 0.2) is 6.61 Å². The van der Waals surface area contributed by atoms with E-state index in [0.29, 0.717) is 32.1 Å². The predicted octanol–water partition coefficient (Wildman–Crippen LogP) is 1.93. The number of carbonyl (C=O) groups excluding carboxylic acids is 2. The van der Waals surface area contributed by atoms with Gasteiger partial charge in [0, 0.05) is 38.6 Å². The Bertz CT molecular complexity index is 853. The number of hydrogen-bond acceptors (Lipinski definition) is 6. The van der Waals surface area contributed by atoms with Gasteiger partial charge in [0.25, 0.3) is 5.91 Å². The second-order valence-electron chi connectivity index (χ2n) is 6.45. The Labute approximate surface area is 165 Å². The highest BCUT2D eigenvalue weighted by Crippen LogP contribution is 2.29. The van der Waals surface area contributed by atoms with Crippen molar-refractivity contribution >= 4 is 17.8 Å². The second-order valence-corrected chi connectivity index (χ2v) is 6.45. The second kappa shape index (κ2) is 8.89. The Hall–Kier alpha value is -3.17. The maximum Gasteiger partial charge on any atom is 0.416 e. The topological polar surface area (TPSA) is 75.6 Å². The summed E-state index contributed by atoms with van der Waals surface area (Å²) in [4.78, 5) is 36.0. The van der Waals surface area contributed by atoms with Crippen LogP contribution in [0.4, 0.5) is 19.1 Å². The molecule has 154 valence electrons. The third kappa shape index (κ3) is 5.66. The average molecular weight is 408 g/mol. The summed E-state index contributed by atoms with van der Waals surface area (Å²) in [5, 5.41) is 0. The van der Waals surface area contributed by atoms with E-state index in [0.717, 1.165) is 12.1 Å². The summed E-state index contributed by atoms with van der Waals surface area (Å²) in [6, 6.07) is 6.18. The number of ether oxygens (including phenoxy) is 1. The van der Waals surface area contributed by atoms with Crippen LogP contribution >= 0.6 is 0 Å². The summed E-state index contributed by atoms with van der Waals surface area (Å²) >= 11 is 0. The third-order valence-corrected chi connectivity index (χ3v) is 4.43. The zero-order valence-electron chi connectivity index (χ0n) is 15.4. The van der Waals surface area contributed by atoms with Crippen LogP contribution in [0.25, 0.3) is 0 Å². The Balaban J connectivity index is 1.44. The molecule has 10 heteroatoms. The molecule has 0 unspecified atom stereocenters. The van der Waals surface area contributed by atoms with Crippen LogP contribution in [0.5, 0.6) is 0 Å². The van der Waals surface area contributed by atoms with Crippen LogP contribution in [-0.2, 0) is 26.9 Å². The van der Waals surface area contributed by atoms with Crippen LogP contribution in [0.1, 0.15) is 11.1 Å². The van der Waals surface area contributed by atoms with Gasteiger partial charge >= 0.3 is 12.1 Å². The monoisotopic (exact) mass is 408 g/mol. The summed E-state index contributed by atoms with van der Waals surface area (Å²) in [6.45, 7) is 1.52. The molecule has 7 nitrogen and oxygen atoms in total. The number of carbonyl (C=O) groups is 2. The van der Waals surface area contributed by atoms with Crippen LogP contribution < -0.4 is 4.90 Å². The fraction of sp³-hybridized carbons (Fsp3) is 0.368. The van der Waals surface area contributed by atoms with Crippen molar-refractivity contribution in [2.45, 2.75) is 12.6 Å². The van der Waals surface area contributed by atoms with E-state index in [9.17, 15) is 22.8 Å². The van der Waals surface area contributed by atoms with Gasteiger partial charge in [-0.1, -0.05) is 18.2 Å². The molecule has 1 aliphatic heterocycles. The number of anilines is 1. The molecule has 2 heterocycles. The van der Waals surface area contributed by atoms with Gasteiger partial charge in [-0.05, 0) is 17.7 Å². The van der Waals surface area contributed by atoms with Crippen molar-refractivity contribution in [3.8, 4) is 0 Å². The standard InChI is InChI=1S/C19H19F3N4O3/c20-19(21,22)15-4-1-3-14(11-15)12-17(28)29-13-16(27)25-7-9-26(10-8-25)18-23-5-2-6-24-18/h1-6,11H,7-10,12-13H2. The van der Waals surface area contributed by atoms with Crippen molar-refractivity contribution in [3.63, 3.8) is 0 Å². The molecule has 1 fully saturated rings. The van der Waals surface area contributed by atoms with E-state index >= 15 is 0 Å². The van der Waals surface area contributed by atoms with E-state index < -0.39 is 24.3 Å². The fourth-order valence-electron chi connectivity index (χ4n) is 2.92. The number of hydrogen-bond donors (Lipinski definition) is 0. The van der Waals surface area contributed by atoms with Gasteiger partial charge in [-0.2, -0.15) is 13.2 Å². The van der Waals surface area contributed by atoms with E-state index in [1.54, 1.807) is 23.4 Å². The number of benzene rings is 1. The van der Waals surface area contributed by atoms with Gasteiger partial charge in [-0.15, -0.1) is 0 Å². The molecule has 2 aromatic rings. The Morgan fingerprint density at radius 1 is 1.03 bits per heavy atom. The SMILES string of the molecule is O=C(Cc1cccc(C(F)(F)F)c1)OCC(=O)N1CCN(c2ncccn2)CC1. The minimum Gasteiger partial charge on any atom is -0.455 e. The van der Waals surface area contributed by atoms with E-state index in [-0.39, 0.29) is 17.9 Å². The molecule has 1 aromatic carbocycles. The quantitative estimate of drug-likeness (QED) is 0.704. The van der Waals surface area contributed by atoms with E-state index in [1.807, 2.05) is 4.90 Å². The van der Waals surface area contributed by atoms with Gasteiger partial charge in [-0.25, -0.2) is 9.97 Å². The first kappa shape index (κ1) is 20.6. The number of piperazine rings is 1. The normalized spacial score (nSPS) is 14.6.